The van der Waals surface area contributed by atoms with Crippen molar-refractivity contribution in [3.8, 4) is 0 Å². The van der Waals surface area contributed by atoms with Crippen molar-refractivity contribution in [3.05, 3.63) is 35.4 Å². The highest BCUT2D eigenvalue weighted by Gasteiger charge is 2.21. The molecule has 0 unspecified atom stereocenters. The lowest BCUT2D eigenvalue weighted by molar-refractivity contribution is 0.126. The maximum atomic E-state index is 12.1. The van der Waals surface area contributed by atoms with Gasteiger partial charge in [-0.15, -0.1) is 0 Å². The quantitative estimate of drug-likeness (QED) is 0.851. The van der Waals surface area contributed by atoms with Crippen LogP contribution in [-0.2, 0) is 22.4 Å². The maximum Gasteiger partial charge on any atom is 0.252 e. The van der Waals surface area contributed by atoms with Gasteiger partial charge in [-0.2, -0.15) is 4.31 Å². The van der Waals surface area contributed by atoms with Crippen LogP contribution < -0.4 is 0 Å². The number of nitrogens with zero attached hydrogens (tertiary/aromatic N) is 1. The summed E-state index contributed by atoms with van der Waals surface area (Å²) in [6.45, 7) is -1.01. The van der Waals surface area contributed by atoms with E-state index in [2.05, 4.69) is 0 Å². The highest BCUT2D eigenvalue weighted by atomic mass is 32.2. The molecule has 0 aliphatic rings. The second kappa shape index (κ2) is 6.21. The number of halogens is 2. The fourth-order valence-corrected chi connectivity index (χ4v) is 2.61. The average Bonchev–Trinajstić information content (AvgIpc) is 2.27. The highest BCUT2D eigenvalue weighted by Crippen LogP contribution is 2.12. The van der Waals surface area contributed by atoms with Gasteiger partial charge in [0, 0.05) is 7.05 Å². The third-order valence-electron chi connectivity index (χ3n) is 2.39. The van der Waals surface area contributed by atoms with Gasteiger partial charge in [-0.3, -0.25) is 0 Å². The summed E-state index contributed by atoms with van der Waals surface area (Å²) in [5.74, 6) is -0.357. The van der Waals surface area contributed by atoms with Crippen molar-refractivity contribution >= 4 is 10.0 Å². The van der Waals surface area contributed by atoms with E-state index in [1.165, 1.54) is 6.07 Å². The zero-order valence-electron chi connectivity index (χ0n) is 9.88. The lowest BCUT2D eigenvalue weighted by Gasteiger charge is -2.16. The summed E-state index contributed by atoms with van der Waals surface area (Å²) < 4.78 is 48.4. The van der Waals surface area contributed by atoms with Gasteiger partial charge in [0.15, 0.2) is 0 Å². The van der Waals surface area contributed by atoms with Gasteiger partial charge >= 0.3 is 0 Å². The Balaban J connectivity index is 2.81. The van der Waals surface area contributed by atoms with Crippen molar-refractivity contribution in [2.24, 2.45) is 0 Å². The van der Waals surface area contributed by atoms with E-state index in [0.29, 0.717) is 15.4 Å². The largest absolute Gasteiger partial charge is 0.392 e. The number of alkyl halides is 2. The predicted octanol–water partition coefficient (Wildman–Crippen LogP) is 1.21. The maximum absolute atomic E-state index is 12.1. The number of rotatable bonds is 6. The summed E-state index contributed by atoms with van der Waals surface area (Å²) in [4.78, 5) is 0. The number of aliphatic hydroxyl groups is 1. The molecule has 0 atom stereocenters. The van der Waals surface area contributed by atoms with E-state index in [-0.39, 0.29) is 12.4 Å². The van der Waals surface area contributed by atoms with Gasteiger partial charge < -0.3 is 5.11 Å². The molecule has 102 valence electrons. The molecule has 1 aromatic carbocycles. The van der Waals surface area contributed by atoms with E-state index in [1.54, 1.807) is 18.2 Å². The Morgan fingerprint density at radius 3 is 2.50 bits per heavy atom. The molecule has 0 amide bonds. The SMILES string of the molecule is CN(CC(F)F)S(=O)(=O)Cc1cccc(CO)c1. The van der Waals surface area contributed by atoms with Crippen molar-refractivity contribution in [3.63, 3.8) is 0 Å². The molecule has 0 spiro atoms. The average molecular weight is 279 g/mol. The van der Waals surface area contributed by atoms with Gasteiger partial charge in [0.05, 0.1) is 18.9 Å². The zero-order valence-corrected chi connectivity index (χ0v) is 10.7. The molecule has 4 nitrogen and oxygen atoms in total. The van der Waals surface area contributed by atoms with Crippen molar-refractivity contribution < 1.29 is 22.3 Å². The molecule has 0 saturated carbocycles. The van der Waals surface area contributed by atoms with E-state index in [1.807, 2.05) is 0 Å². The van der Waals surface area contributed by atoms with Crippen molar-refractivity contribution in [1.82, 2.24) is 4.31 Å². The number of aliphatic hydroxyl groups excluding tert-OH is 1. The van der Waals surface area contributed by atoms with Crippen LogP contribution in [0.2, 0.25) is 0 Å². The Kier molecular flexibility index (Phi) is 5.18. The lowest BCUT2D eigenvalue weighted by Crippen LogP contribution is -2.32. The fraction of sp³-hybridized carbons (Fsp3) is 0.455. The Hall–Kier alpha value is -1.05. The van der Waals surface area contributed by atoms with Crippen LogP contribution >= 0.6 is 0 Å². The Bertz CT molecular complexity index is 491. The van der Waals surface area contributed by atoms with Gasteiger partial charge in [0.25, 0.3) is 6.43 Å². The smallest absolute Gasteiger partial charge is 0.252 e. The zero-order chi connectivity index (χ0) is 13.8. The molecule has 0 fully saturated rings. The standard InChI is InChI=1S/C11H15F2NO3S/c1-14(6-11(12)13)18(16,17)8-10-4-2-3-9(5-10)7-15/h2-5,11,15H,6-8H2,1H3. The summed E-state index contributed by atoms with van der Waals surface area (Å²) in [6, 6.07) is 6.38. The molecule has 0 aliphatic heterocycles. The summed E-state index contributed by atoms with van der Waals surface area (Å²) in [5, 5.41) is 8.93. The molecule has 1 rings (SSSR count). The molecular weight excluding hydrogens is 264 g/mol. The van der Waals surface area contributed by atoms with E-state index in [9.17, 15) is 17.2 Å². The topological polar surface area (TPSA) is 57.6 Å². The van der Waals surface area contributed by atoms with Crippen LogP contribution in [-0.4, -0.2) is 37.8 Å². The van der Waals surface area contributed by atoms with Crippen molar-refractivity contribution in [1.29, 1.82) is 0 Å². The Morgan fingerprint density at radius 1 is 1.33 bits per heavy atom. The van der Waals surface area contributed by atoms with Crippen LogP contribution in [0.1, 0.15) is 11.1 Å². The monoisotopic (exact) mass is 279 g/mol. The molecule has 0 saturated heterocycles. The first-order valence-corrected chi connectivity index (χ1v) is 6.87. The van der Waals surface area contributed by atoms with Crippen LogP contribution in [0.4, 0.5) is 8.78 Å². The second-order valence-electron chi connectivity index (χ2n) is 3.91. The van der Waals surface area contributed by atoms with Crippen LogP contribution in [0, 0.1) is 0 Å². The minimum atomic E-state index is -3.76. The predicted molar refractivity (Wildman–Crippen MR) is 63.6 cm³/mol. The van der Waals surface area contributed by atoms with Gasteiger partial charge in [-0.25, -0.2) is 17.2 Å². The van der Waals surface area contributed by atoms with Gasteiger partial charge in [0.2, 0.25) is 10.0 Å². The number of hydrogen-bond acceptors (Lipinski definition) is 3. The lowest BCUT2D eigenvalue weighted by atomic mass is 10.1. The van der Waals surface area contributed by atoms with E-state index in [4.69, 9.17) is 5.11 Å². The van der Waals surface area contributed by atoms with Gasteiger partial charge in [-0.05, 0) is 11.1 Å². The number of benzene rings is 1. The molecule has 1 aromatic rings. The molecule has 0 bridgehead atoms. The van der Waals surface area contributed by atoms with Crippen LogP contribution in [0.3, 0.4) is 0 Å². The minimum Gasteiger partial charge on any atom is -0.392 e. The van der Waals surface area contributed by atoms with Crippen molar-refractivity contribution in [2.75, 3.05) is 13.6 Å². The summed E-state index contributed by atoms with van der Waals surface area (Å²) in [5.41, 5.74) is 1.04. The first kappa shape index (κ1) is 15.0. The molecular formula is C11H15F2NO3S. The summed E-state index contributed by atoms with van der Waals surface area (Å²) >= 11 is 0. The molecule has 0 aromatic heterocycles. The third-order valence-corrected chi connectivity index (χ3v) is 4.19. The van der Waals surface area contributed by atoms with E-state index in [0.717, 1.165) is 7.05 Å². The molecule has 1 N–H and O–H groups in total. The van der Waals surface area contributed by atoms with Gasteiger partial charge in [-0.1, -0.05) is 24.3 Å². The second-order valence-corrected chi connectivity index (χ2v) is 5.98. The highest BCUT2D eigenvalue weighted by molar-refractivity contribution is 7.88. The molecule has 18 heavy (non-hydrogen) atoms. The van der Waals surface area contributed by atoms with Crippen molar-refractivity contribution in [2.45, 2.75) is 18.8 Å². The summed E-state index contributed by atoms with van der Waals surface area (Å²) in [7, 11) is -2.64. The Labute approximate surface area is 105 Å². The normalized spacial score (nSPS) is 12.3. The Morgan fingerprint density at radius 2 is 1.94 bits per heavy atom. The van der Waals surface area contributed by atoms with E-state index < -0.39 is 23.0 Å². The molecule has 0 aliphatic carbocycles. The first-order chi connectivity index (χ1) is 8.35. The number of hydrogen-bond donors (Lipinski definition) is 1. The summed E-state index contributed by atoms with van der Waals surface area (Å²) in [6.07, 6.45) is -2.70. The number of sulfonamides is 1. The molecule has 0 radical (unpaired) electrons. The van der Waals surface area contributed by atoms with Crippen LogP contribution in [0.5, 0.6) is 0 Å². The molecule has 7 heteroatoms. The van der Waals surface area contributed by atoms with Gasteiger partial charge in [0.1, 0.15) is 0 Å². The van der Waals surface area contributed by atoms with Crippen LogP contribution in [0.15, 0.2) is 24.3 Å². The molecule has 0 heterocycles. The first-order valence-electron chi connectivity index (χ1n) is 5.26. The van der Waals surface area contributed by atoms with Crippen LogP contribution in [0.25, 0.3) is 0 Å². The van der Waals surface area contributed by atoms with E-state index >= 15 is 0 Å². The fourth-order valence-electron chi connectivity index (χ4n) is 1.45. The third kappa shape index (κ3) is 4.32. The minimum absolute atomic E-state index is 0.194.